The molecule has 0 bridgehead atoms. The number of carbonyl (C=O) groups is 2. The van der Waals surface area contributed by atoms with Gasteiger partial charge in [-0.05, 0) is 50.5 Å². The van der Waals surface area contributed by atoms with Crippen LogP contribution in [-0.4, -0.2) is 104 Å². The van der Waals surface area contributed by atoms with E-state index in [0.717, 1.165) is 45.2 Å². The first-order chi connectivity index (χ1) is 19.9. The number of amides is 2. The predicted molar refractivity (Wildman–Crippen MR) is 145 cm³/mol. The van der Waals surface area contributed by atoms with Gasteiger partial charge in [0.05, 0.1) is 12.9 Å². The number of anilines is 1. The summed E-state index contributed by atoms with van der Waals surface area (Å²) in [6.45, 7) is 3.62. The number of hydrogen-bond donors (Lipinski definition) is 5. The van der Waals surface area contributed by atoms with Gasteiger partial charge >= 0.3 is 6.09 Å². The second kappa shape index (κ2) is 11.8. The summed E-state index contributed by atoms with van der Waals surface area (Å²) in [5, 5.41) is 27.2. The standard InChI is InChI=1S/C27H36N8O6/c28-23-19-24(35(14-30-19)26-21(37)20(36)22(41-26)25(38)31-17-4-5-17)33-18(32-23)3-1-2-15-7-10-34(11-8-15)27(39)40-13-16-6-9-29-12-16/h14-17,20-22,26,29,36-37H,2,4-13H2,(H,31,38)(H2,28,32,33)/t16?,20?,21-,22-,26+/m0/s1. The van der Waals surface area contributed by atoms with Gasteiger partial charge in [0.2, 0.25) is 5.82 Å². The quantitative estimate of drug-likeness (QED) is 0.283. The van der Waals surface area contributed by atoms with Crippen molar-refractivity contribution in [2.75, 3.05) is 38.5 Å². The van der Waals surface area contributed by atoms with Crippen LogP contribution in [0.5, 0.6) is 0 Å². The monoisotopic (exact) mass is 568 g/mol. The van der Waals surface area contributed by atoms with E-state index in [2.05, 4.69) is 37.4 Å². The van der Waals surface area contributed by atoms with E-state index in [4.69, 9.17) is 15.2 Å². The van der Waals surface area contributed by atoms with Crippen LogP contribution in [0.1, 0.15) is 50.6 Å². The van der Waals surface area contributed by atoms with Crippen LogP contribution in [0.4, 0.5) is 10.6 Å². The third kappa shape index (κ3) is 6.08. The number of fused-ring (bicyclic) bond motifs is 1. The van der Waals surface area contributed by atoms with E-state index in [1.807, 2.05) is 0 Å². The van der Waals surface area contributed by atoms with Crippen LogP contribution in [0.25, 0.3) is 11.2 Å². The summed E-state index contributed by atoms with van der Waals surface area (Å²) in [7, 11) is 0. The zero-order chi connectivity index (χ0) is 28.5. The Bertz CT molecular complexity index is 1340. The molecule has 2 aromatic heterocycles. The Morgan fingerprint density at radius 1 is 1.15 bits per heavy atom. The molecule has 3 aliphatic heterocycles. The SMILES string of the molecule is Nc1nc(C#CCC2CCN(C(=O)OCC3CCNC3)CC2)nc2c1ncn2[C@@H]1O[C@H](C(=O)NC2CC2)C(O)[C@@H]1O. The lowest BCUT2D eigenvalue weighted by molar-refractivity contribution is -0.137. The van der Waals surface area contributed by atoms with Gasteiger partial charge in [-0.2, -0.15) is 0 Å². The molecule has 0 aromatic carbocycles. The maximum Gasteiger partial charge on any atom is 0.409 e. The fraction of sp³-hybridized carbons (Fsp3) is 0.667. The Morgan fingerprint density at radius 3 is 2.68 bits per heavy atom. The number of aliphatic hydroxyl groups excluding tert-OH is 2. The Morgan fingerprint density at radius 2 is 1.95 bits per heavy atom. The van der Waals surface area contributed by atoms with Gasteiger partial charge in [-0.25, -0.2) is 19.7 Å². The summed E-state index contributed by atoms with van der Waals surface area (Å²) in [5.74, 6) is 6.69. The average molecular weight is 569 g/mol. The highest BCUT2D eigenvalue weighted by Gasteiger charge is 2.48. The summed E-state index contributed by atoms with van der Waals surface area (Å²) in [6.07, 6.45) is 1.14. The molecule has 1 saturated carbocycles. The fourth-order valence-corrected chi connectivity index (χ4v) is 5.53. The van der Waals surface area contributed by atoms with E-state index in [-0.39, 0.29) is 29.4 Å². The lowest BCUT2D eigenvalue weighted by Crippen LogP contribution is -2.43. The Hall–Kier alpha value is -3.51. The zero-order valence-corrected chi connectivity index (χ0v) is 22.7. The molecule has 2 unspecified atom stereocenters. The highest BCUT2D eigenvalue weighted by molar-refractivity contribution is 5.83. The maximum absolute atomic E-state index is 12.5. The number of imidazole rings is 1. The first-order valence-electron chi connectivity index (χ1n) is 14.3. The van der Waals surface area contributed by atoms with Crippen LogP contribution < -0.4 is 16.4 Å². The summed E-state index contributed by atoms with van der Waals surface area (Å²) in [6, 6.07) is 0.0884. The smallest absolute Gasteiger partial charge is 0.409 e. The topological polar surface area (TPSA) is 190 Å². The van der Waals surface area contributed by atoms with Crippen molar-refractivity contribution in [2.45, 2.75) is 69.1 Å². The maximum atomic E-state index is 12.5. The van der Waals surface area contributed by atoms with Crippen LogP contribution >= 0.6 is 0 Å². The highest BCUT2D eigenvalue weighted by atomic mass is 16.6. The van der Waals surface area contributed by atoms with Gasteiger partial charge in [0.25, 0.3) is 5.91 Å². The first-order valence-corrected chi connectivity index (χ1v) is 14.3. The number of hydrogen-bond acceptors (Lipinski definition) is 11. The van der Waals surface area contributed by atoms with E-state index < -0.39 is 30.4 Å². The summed E-state index contributed by atoms with van der Waals surface area (Å²) in [5.41, 5.74) is 6.71. The van der Waals surface area contributed by atoms with Crippen molar-refractivity contribution in [2.24, 2.45) is 11.8 Å². The second-order valence-electron chi connectivity index (χ2n) is 11.3. The molecule has 0 radical (unpaired) electrons. The van der Waals surface area contributed by atoms with Crippen molar-refractivity contribution >= 4 is 29.0 Å². The number of nitrogen functional groups attached to an aromatic ring is 1. The van der Waals surface area contributed by atoms with Gasteiger partial charge in [0, 0.05) is 38.0 Å². The average Bonchev–Trinajstić information content (AvgIpc) is 3.32. The lowest BCUT2D eigenvalue weighted by Gasteiger charge is -2.30. The summed E-state index contributed by atoms with van der Waals surface area (Å²) < 4.78 is 12.7. The normalized spacial score (nSPS) is 28.4. The van der Waals surface area contributed by atoms with Crippen molar-refractivity contribution in [1.29, 1.82) is 0 Å². The van der Waals surface area contributed by atoms with Crippen molar-refractivity contribution < 1.29 is 29.3 Å². The molecule has 14 heteroatoms. The number of nitrogens with two attached hydrogens (primary N) is 1. The number of nitrogens with one attached hydrogen (secondary N) is 2. The van der Waals surface area contributed by atoms with E-state index >= 15 is 0 Å². The summed E-state index contributed by atoms with van der Waals surface area (Å²) in [4.78, 5) is 39.6. The molecular weight excluding hydrogens is 532 g/mol. The van der Waals surface area contributed by atoms with E-state index in [1.54, 1.807) is 4.90 Å². The molecule has 2 aromatic rings. The molecule has 3 saturated heterocycles. The minimum atomic E-state index is -1.41. The molecular formula is C27H36N8O6. The largest absolute Gasteiger partial charge is 0.449 e. The molecule has 2 amide bonds. The van der Waals surface area contributed by atoms with E-state index in [0.29, 0.717) is 43.5 Å². The van der Waals surface area contributed by atoms with Crippen LogP contribution in [-0.2, 0) is 14.3 Å². The highest BCUT2D eigenvalue weighted by Crippen LogP contribution is 2.33. The molecule has 4 aliphatic rings. The number of nitrogens with zero attached hydrogens (tertiary/aromatic N) is 5. The van der Waals surface area contributed by atoms with Gasteiger partial charge in [-0.1, -0.05) is 5.92 Å². The number of aromatic nitrogens is 4. The van der Waals surface area contributed by atoms with Crippen LogP contribution in [0.2, 0.25) is 0 Å². The Labute approximate surface area is 237 Å². The third-order valence-corrected chi connectivity index (χ3v) is 8.21. The van der Waals surface area contributed by atoms with Gasteiger partial charge in [-0.3, -0.25) is 9.36 Å². The van der Waals surface area contributed by atoms with Crippen LogP contribution in [0, 0.1) is 23.7 Å². The third-order valence-electron chi connectivity index (χ3n) is 8.21. The molecule has 5 atom stereocenters. The number of rotatable bonds is 6. The van der Waals surface area contributed by atoms with Gasteiger partial charge in [-0.15, -0.1) is 0 Å². The Balaban J connectivity index is 1.06. The van der Waals surface area contributed by atoms with Gasteiger partial charge in [0.15, 0.2) is 23.8 Å². The molecule has 6 N–H and O–H groups in total. The van der Waals surface area contributed by atoms with Gasteiger partial charge in [0.1, 0.15) is 17.7 Å². The molecule has 220 valence electrons. The number of likely N-dealkylation sites (tertiary alicyclic amines) is 1. The molecule has 0 spiro atoms. The van der Waals surface area contributed by atoms with Crippen molar-refractivity contribution in [3.05, 3.63) is 12.2 Å². The first kappa shape index (κ1) is 27.6. The van der Waals surface area contributed by atoms with Crippen LogP contribution in [0.3, 0.4) is 0 Å². The molecule has 1 aliphatic carbocycles. The minimum Gasteiger partial charge on any atom is -0.449 e. The lowest BCUT2D eigenvalue weighted by atomic mass is 9.94. The molecule has 6 rings (SSSR count). The molecule has 14 nitrogen and oxygen atoms in total. The number of ether oxygens (including phenoxy) is 2. The number of carbonyl (C=O) groups excluding carboxylic acids is 2. The van der Waals surface area contributed by atoms with Crippen molar-refractivity contribution in [3.8, 4) is 11.8 Å². The zero-order valence-electron chi connectivity index (χ0n) is 22.7. The summed E-state index contributed by atoms with van der Waals surface area (Å²) >= 11 is 0. The molecule has 4 fully saturated rings. The van der Waals surface area contributed by atoms with E-state index in [1.165, 1.54) is 10.9 Å². The minimum absolute atomic E-state index is 0.0884. The fourth-order valence-electron chi connectivity index (χ4n) is 5.53. The van der Waals surface area contributed by atoms with Crippen molar-refractivity contribution in [1.82, 2.24) is 35.1 Å². The second-order valence-corrected chi connectivity index (χ2v) is 11.3. The van der Waals surface area contributed by atoms with Crippen LogP contribution in [0.15, 0.2) is 6.33 Å². The molecule has 5 heterocycles. The van der Waals surface area contributed by atoms with E-state index in [9.17, 15) is 19.8 Å². The van der Waals surface area contributed by atoms with Gasteiger partial charge < -0.3 is 41.0 Å². The number of aliphatic hydroxyl groups is 2. The number of piperidine rings is 1. The Kier molecular flexibility index (Phi) is 7.94. The molecule has 41 heavy (non-hydrogen) atoms. The predicted octanol–water partition coefficient (Wildman–Crippen LogP) is -0.494. The van der Waals surface area contributed by atoms with Crippen molar-refractivity contribution in [3.63, 3.8) is 0 Å².